The van der Waals surface area contributed by atoms with E-state index in [0.29, 0.717) is 0 Å². The molecule has 0 radical (unpaired) electrons. The second-order valence-corrected chi connectivity index (χ2v) is 2.88. The van der Waals surface area contributed by atoms with Crippen LogP contribution in [-0.4, -0.2) is 21.4 Å². The van der Waals surface area contributed by atoms with E-state index in [2.05, 4.69) is 4.37 Å². The van der Waals surface area contributed by atoms with Crippen molar-refractivity contribution in [2.75, 3.05) is 0 Å². The minimum atomic E-state index is -3.69. The van der Waals surface area contributed by atoms with Crippen molar-refractivity contribution in [2.24, 2.45) is 0 Å². The highest BCUT2D eigenvalue weighted by Crippen LogP contribution is 2.20. The molecule has 0 spiro atoms. The molecule has 0 bridgehead atoms. The van der Waals surface area contributed by atoms with Gasteiger partial charge in [-0.2, -0.15) is 8.78 Å². The minimum Gasteiger partial charge on any atom is -0.477 e. The molecule has 0 unspecified atom stereocenters. The molecule has 1 rings (SSSR count). The summed E-state index contributed by atoms with van der Waals surface area (Å²) in [4.78, 5) is 9.98. The van der Waals surface area contributed by atoms with Gasteiger partial charge in [0.25, 0.3) is 0 Å². The Balaban J connectivity index is 2.69. The maximum absolute atomic E-state index is 12.5. The van der Waals surface area contributed by atoms with E-state index in [0.717, 1.165) is 11.5 Å². The molecular formula is C6H5F2NO2S. The fourth-order valence-electron chi connectivity index (χ4n) is 0.646. The molecule has 0 aliphatic heterocycles. The average molecular weight is 193 g/mol. The number of aromatic nitrogens is 1. The number of halogens is 2. The normalized spacial score (nSPS) is 11.5. The third kappa shape index (κ3) is 1.97. The van der Waals surface area contributed by atoms with E-state index in [-0.39, 0.29) is 5.56 Å². The van der Waals surface area contributed by atoms with E-state index in [1.807, 2.05) is 0 Å². The first-order valence-corrected chi connectivity index (χ1v) is 3.85. The molecule has 66 valence electrons. The molecule has 0 fully saturated rings. The Kier molecular flexibility index (Phi) is 2.37. The van der Waals surface area contributed by atoms with Crippen LogP contribution in [0.5, 0.6) is 0 Å². The predicted octanol–water partition coefficient (Wildman–Crippen LogP) is 1.41. The Hall–Kier alpha value is -1.04. The molecule has 3 nitrogen and oxygen atoms in total. The smallest absolute Gasteiger partial charge is 0.374 e. The van der Waals surface area contributed by atoms with Crippen LogP contribution in [-0.2, 0) is 11.2 Å². The summed E-state index contributed by atoms with van der Waals surface area (Å²) >= 11 is 1.02. The highest BCUT2D eigenvalue weighted by atomic mass is 32.1. The van der Waals surface area contributed by atoms with Crippen LogP contribution >= 0.6 is 11.5 Å². The number of aliphatic carboxylic acids is 1. The Morgan fingerprint density at radius 2 is 2.42 bits per heavy atom. The SMILES string of the molecule is O=C(O)C(F)(F)Cc1cnsc1. The van der Waals surface area contributed by atoms with Crippen molar-refractivity contribution < 1.29 is 18.7 Å². The first-order valence-electron chi connectivity index (χ1n) is 3.02. The molecule has 6 heteroatoms. The molecule has 0 aliphatic carbocycles. The van der Waals surface area contributed by atoms with Crippen LogP contribution in [0.25, 0.3) is 0 Å². The average Bonchev–Trinajstić information content (AvgIpc) is 2.38. The van der Waals surface area contributed by atoms with E-state index in [1.165, 1.54) is 11.6 Å². The van der Waals surface area contributed by atoms with Gasteiger partial charge in [0.05, 0.1) is 6.42 Å². The molecule has 0 amide bonds. The maximum Gasteiger partial charge on any atom is 0.374 e. The molecule has 1 aromatic heterocycles. The summed E-state index contributed by atoms with van der Waals surface area (Å²) in [5.41, 5.74) is 0.243. The van der Waals surface area contributed by atoms with Crippen molar-refractivity contribution in [3.8, 4) is 0 Å². The van der Waals surface area contributed by atoms with Crippen molar-refractivity contribution in [3.63, 3.8) is 0 Å². The van der Waals surface area contributed by atoms with Gasteiger partial charge < -0.3 is 5.11 Å². The molecule has 1 heterocycles. The fourth-order valence-corrected chi connectivity index (χ4v) is 1.18. The summed E-state index contributed by atoms with van der Waals surface area (Å²) in [6.07, 6.45) is 0.445. The Bertz CT molecular complexity index is 273. The van der Waals surface area contributed by atoms with Gasteiger partial charge in [-0.3, -0.25) is 0 Å². The van der Waals surface area contributed by atoms with Gasteiger partial charge >= 0.3 is 11.9 Å². The summed E-state index contributed by atoms with van der Waals surface area (Å²) in [5.74, 6) is -5.79. The first-order chi connectivity index (χ1) is 5.52. The van der Waals surface area contributed by atoms with E-state index >= 15 is 0 Å². The second-order valence-electron chi connectivity index (χ2n) is 2.22. The number of carboxylic acids is 1. The summed E-state index contributed by atoms with van der Waals surface area (Å²) < 4.78 is 28.6. The van der Waals surface area contributed by atoms with E-state index in [9.17, 15) is 13.6 Å². The van der Waals surface area contributed by atoms with Crippen LogP contribution in [0.3, 0.4) is 0 Å². The van der Waals surface area contributed by atoms with Gasteiger partial charge in [0.1, 0.15) is 0 Å². The number of hydrogen-bond donors (Lipinski definition) is 1. The quantitative estimate of drug-likeness (QED) is 0.789. The van der Waals surface area contributed by atoms with Crippen molar-refractivity contribution in [2.45, 2.75) is 12.3 Å². The number of hydrogen-bond acceptors (Lipinski definition) is 3. The minimum absolute atomic E-state index is 0.243. The maximum atomic E-state index is 12.5. The highest BCUT2D eigenvalue weighted by Gasteiger charge is 2.38. The van der Waals surface area contributed by atoms with Gasteiger partial charge in [-0.05, 0) is 17.1 Å². The molecule has 0 saturated heterocycles. The lowest BCUT2D eigenvalue weighted by Crippen LogP contribution is -2.30. The number of carboxylic acid groups (broad SMARTS) is 1. The standard InChI is InChI=1S/C6H5F2NO2S/c7-6(8,5(10)11)1-4-2-9-12-3-4/h2-3H,1H2,(H,10,11). The molecule has 0 aromatic carbocycles. The van der Waals surface area contributed by atoms with Crippen LogP contribution in [0.2, 0.25) is 0 Å². The number of rotatable bonds is 3. The predicted molar refractivity (Wildman–Crippen MR) is 38.4 cm³/mol. The number of nitrogens with zero attached hydrogens (tertiary/aromatic N) is 1. The largest absolute Gasteiger partial charge is 0.477 e. The lowest BCUT2D eigenvalue weighted by molar-refractivity contribution is -0.164. The molecule has 1 aromatic rings. The zero-order chi connectivity index (χ0) is 9.19. The zero-order valence-electron chi connectivity index (χ0n) is 5.83. The summed E-state index contributed by atoms with van der Waals surface area (Å²) in [6.45, 7) is 0. The van der Waals surface area contributed by atoms with Gasteiger partial charge in [0.2, 0.25) is 0 Å². The Morgan fingerprint density at radius 1 is 1.75 bits per heavy atom. The zero-order valence-corrected chi connectivity index (χ0v) is 6.65. The fraction of sp³-hybridized carbons (Fsp3) is 0.333. The lowest BCUT2D eigenvalue weighted by Gasteiger charge is -2.08. The van der Waals surface area contributed by atoms with E-state index in [4.69, 9.17) is 5.11 Å². The molecule has 0 aliphatic rings. The monoisotopic (exact) mass is 193 g/mol. The molecule has 0 atom stereocenters. The molecule has 0 saturated carbocycles. The van der Waals surface area contributed by atoms with Crippen molar-refractivity contribution in [1.29, 1.82) is 0 Å². The number of alkyl halides is 2. The van der Waals surface area contributed by atoms with Crippen LogP contribution in [0, 0.1) is 0 Å². The van der Waals surface area contributed by atoms with Gasteiger partial charge in [-0.15, -0.1) is 0 Å². The molecular weight excluding hydrogens is 188 g/mol. The van der Waals surface area contributed by atoms with Gasteiger partial charge in [0.15, 0.2) is 0 Å². The van der Waals surface area contributed by atoms with Gasteiger partial charge in [0, 0.05) is 11.6 Å². The summed E-state index contributed by atoms with van der Waals surface area (Å²) in [6, 6.07) is 0. The van der Waals surface area contributed by atoms with Crippen LogP contribution in [0.15, 0.2) is 11.6 Å². The summed E-state index contributed by atoms with van der Waals surface area (Å²) in [7, 11) is 0. The van der Waals surface area contributed by atoms with Crippen LogP contribution in [0.4, 0.5) is 8.78 Å². The topological polar surface area (TPSA) is 50.2 Å². The third-order valence-corrected chi connectivity index (χ3v) is 1.86. The number of carbonyl (C=O) groups is 1. The van der Waals surface area contributed by atoms with Crippen molar-refractivity contribution in [3.05, 3.63) is 17.1 Å². The highest BCUT2D eigenvalue weighted by molar-refractivity contribution is 7.03. The Labute approximate surface area is 70.8 Å². The van der Waals surface area contributed by atoms with Gasteiger partial charge in [-0.25, -0.2) is 9.17 Å². The van der Waals surface area contributed by atoms with E-state index < -0.39 is 18.3 Å². The molecule has 12 heavy (non-hydrogen) atoms. The first kappa shape index (κ1) is 9.05. The van der Waals surface area contributed by atoms with E-state index in [1.54, 1.807) is 0 Å². The second kappa shape index (κ2) is 3.14. The van der Waals surface area contributed by atoms with Crippen LogP contribution < -0.4 is 0 Å². The van der Waals surface area contributed by atoms with Crippen LogP contribution in [0.1, 0.15) is 5.56 Å². The van der Waals surface area contributed by atoms with Gasteiger partial charge in [-0.1, -0.05) is 0 Å². The molecule has 1 N–H and O–H groups in total. The Morgan fingerprint density at radius 3 is 2.83 bits per heavy atom. The lowest BCUT2D eigenvalue weighted by atomic mass is 10.1. The van der Waals surface area contributed by atoms with Crippen molar-refractivity contribution >= 4 is 17.5 Å². The third-order valence-electron chi connectivity index (χ3n) is 1.22. The van der Waals surface area contributed by atoms with Crippen molar-refractivity contribution in [1.82, 2.24) is 4.37 Å². The summed E-state index contributed by atoms with van der Waals surface area (Å²) in [5, 5.41) is 9.47.